The van der Waals surface area contributed by atoms with Gasteiger partial charge in [0.05, 0.1) is 23.0 Å². The molecule has 2 heterocycles. The van der Waals surface area contributed by atoms with E-state index in [2.05, 4.69) is 34.5 Å². The molecule has 4 nitrogen and oxygen atoms in total. The molecule has 2 aromatic rings. The molecule has 20 heavy (non-hydrogen) atoms. The van der Waals surface area contributed by atoms with Crippen LogP contribution in [0.5, 0.6) is 0 Å². The Kier molecular flexibility index (Phi) is 5.56. The van der Waals surface area contributed by atoms with E-state index in [9.17, 15) is 0 Å². The average Bonchev–Trinajstić information content (AvgIpc) is 2.83. The summed E-state index contributed by atoms with van der Waals surface area (Å²) >= 11 is 6.30. The molecule has 0 bridgehead atoms. The third kappa shape index (κ3) is 3.58. The Hall–Kier alpha value is -1.39. The van der Waals surface area contributed by atoms with Gasteiger partial charge in [-0.05, 0) is 44.0 Å². The maximum absolute atomic E-state index is 6.30. The molecule has 0 aliphatic rings. The summed E-state index contributed by atoms with van der Waals surface area (Å²) in [5, 5.41) is 8.46. The Labute approximate surface area is 125 Å². The van der Waals surface area contributed by atoms with Crippen LogP contribution in [0.15, 0.2) is 30.7 Å². The molecule has 2 aromatic heterocycles. The number of rotatable bonds is 7. The van der Waals surface area contributed by atoms with Gasteiger partial charge in [0.2, 0.25) is 0 Å². The number of nitrogens with zero attached hydrogens (tertiary/aromatic N) is 3. The number of hydrogen-bond donors (Lipinski definition) is 1. The van der Waals surface area contributed by atoms with Gasteiger partial charge in [0.25, 0.3) is 0 Å². The Balaban J connectivity index is 2.10. The minimum absolute atomic E-state index is 0.213. The summed E-state index contributed by atoms with van der Waals surface area (Å²) in [7, 11) is 1.97. The van der Waals surface area contributed by atoms with Crippen molar-refractivity contribution in [2.75, 3.05) is 7.05 Å². The second kappa shape index (κ2) is 7.41. The van der Waals surface area contributed by atoms with Gasteiger partial charge in [-0.3, -0.25) is 9.67 Å². The van der Waals surface area contributed by atoms with E-state index in [4.69, 9.17) is 11.6 Å². The fourth-order valence-corrected chi connectivity index (χ4v) is 2.66. The molecule has 0 fully saturated rings. The van der Waals surface area contributed by atoms with Gasteiger partial charge < -0.3 is 5.32 Å². The Morgan fingerprint density at radius 1 is 1.35 bits per heavy atom. The van der Waals surface area contributed by atoms with Crippen LogP contribution in [0.1, 0.15) is 37.1 Å². The van der Waals surface area contributed by atoms with E-state index < -0.39 is 0 Å². The zero-order valence-electron chi connectivity index (χ0n) is 12.0. The van der Waals surface area contributed by atoms with Crippen molar-refractivity contribution in [3.05, 3.63) is 47.0 Å². The minimum Gasteiger partial charge on any atom is -0.312 e. The van der Waals surface area contributed by atoms with E-state index in [1.165, 1.54) is 5.56 Å². The lowest BCUT2D eigenvalue weighted by Crippen LogP contribution is -2.21. The average molecular weight is 293 g/mol. The van der Waals surface area contributed by atoms with E-state index in [0.717, 1.165) is 36.5 Å². The van der Waals surface area contributed by atoms with Crippen molar-refractivity contribution in [2.45, 2.75) is 38.8 Å². The van der Waals surface area contributed by atoms with Crippen LogP contribution in [0.4, 0.5) is 0 Å². The molecule has 5 heteroatoms. The Morgan fingerprint density at radius 3 is 2.75 bits per heavy atom. The molecular formula is C15H21ClN4. The lowest BCUT2D eigenvalue weighted by molar-refractivity contribution is 0.477. The van der Waals surface area contributed by atoms with Crippen LogP contribution in [0.3, 0.4) is 0 Å². The molecule has 108 valence electrons. The van der Waals surface area contributed by atoms with Gasteiger partial charge in [0.1, 0.15) is 0 Å². The van der Waals surface area contributed by atoms with Gasteiger partial charge in [-0.1, -0.05) is 18.5 Å². The fraction of sp³-hybridized carbons (Fsp3) is 0.467. The summed E-state index contributed by atoms with van der Waals surface area (Å²) in [6.45, 7) is 3.04. The predicted octanol–water partition coefficient (Wildman–Crippen LogP) is 3.23. The molecule has 0 saturated carbocycles. The van der Waals surface area contributed by atoms with Crippen molar-refractivity contribution < 1.29 is 0 Å². The highest BCUT2D eigenvalue weighted by Gasteiger charge is 2.18. The molecule has 0 aliphatic carbocycles. The van der Waals surface area contributed by atoms with E-state index in [0.29, 0.717) is 0 Å². The fourth-order valence-electron chi connectivity index (χ4n) is 2.39. The summed E-state index contributed by atoms with van der Waals surface area (Å²) in [6.07, 6.45) is 8.42. The highest BCUT2D eigenvalue weighted by atomic mass is 35.5. The maximum atomic E-state index is 6.30. The highest BCUT2D eigenvalue weighted by Crippen LogP contribution is 2.26. The summed E-state index contributed by atoms with van der Waals surface area (Å²) in [5.74, 6) is 0. The summed E-state index contributed by atoms with van der Waals surface area (Å²) < 4.78 is 2.01. The van der Waals surface area contributed by atoms with E-state index >= 15 is 0 Å². The lowest BCUT2D eigenvalue weighted by Gasteiger charge is -2.18. The molecule has 0 radical (unpaired) electrons. The van der Waals surface area contributed by atoms with Crippen LogP contribution < -0.4 is 5.32 Å². The number of aromatic nitrogens is 3. The van der Waals surface area contributed by atoms with Crippen LogP contribution in [-0.2, 0) is 13.0 Å². The third-order valence-corrected chi connectivity index (χ3v) is 3.71. The first-order valence-electron chi connectivity index (χ1n) is 7.03. The lowest BCUT2D eigenvalue weighted by atomic mass is 10.0. The number of nitrogens with one attached hydrogen (secondary N) is 1. The van der Waals surface area contributed by atoms with Gasteiger partial charge in [0, 0.05) is 18.9 Å². The van der Waals surface area contributed by atoms with Crippen molar-refractivity contribution in [1.82, 2.24) is 20.1 Å². The molecule has 1 unspecified atom stereocenters. The minimum atomic E-state index is 0.213. The van der Waals surface area contributed by atoms with Crippen LogP contribution in [-0.4, -0.2) is 21.8 Å². The van der Waals surface area contributed by atoms with E-state index in [1.54, 1.807) is 6.20 Å². The molecule has 0 saturated heterocycles. The molecular weight excluding hydrogens is 272 g/mol. The van der Waals surface area contributed by atoms with Crippen LogP contribution in [0, 0.1) is 0 Å². The van der Waals surface area contributed by atoms with Crippen molar-refractivity contribution >= 4 is 11.6 Å². The smallest absolute Gasteiger partial charge is 0.0834 e. The standard InChI is InChI=1S/C15H21ClN4/c1-3-10-20-15(13(16)11-19-20)14(17-2)5-4-12-6-8-18-9-7-12/h6-9,11,14,17H,3-5,10H2,1-2H3. The first-order chi connectivity index (χ1) is 9.76. The first kappa shape index (κ1) is 15.0. The zero-order valence-corrected chi connectivity index (χ0v) is 12.8. The first-order valence-corrected chi connectivity index (χ1v) is 7.41. The third-order valence-electron chi connectivity index (χ3n) is 3.42. The quantitative estimate of drug-likeness (QED) is 0.852. The van der Waals surface area contributed by atoms with E-state index in [-0.39, 0.29) is 6.04 Å². The Morgan fingerprint density at radius 2 is 2.10 bits per heavy atom. The van der Waals surface area contributed by atoms with Crippen molar-refractivity contribution in [3.8, 4) is 0 Å². The number of aryl methyl sites for hydroxylation is 2. The predicted molar refractivity (Wildman–Crippen MR) is 81.9 cm³/mol. The summed E-state index contributed by atoms with van der Waals surface area (Å²) in [6, 6.07) is 4.32. The number of pyridine rings is 1. The van der Waals surface area contributed by atoms with Crippen molar-refractivity contribution in [3.63, 3.8) is 0 Å². The van der Waals surface area contributed by atoms with Gasteiger partial charge in [0.15, 0.2) is 0 Å². The second-order valence-electron chi connectivity index (χ2n) is 4.84. The molecule has 1 N–H and O–H groups in total. The topological polar surface area (TPSA) is 42.7 Å². The molecule has 0 aromatic carbocycles. The largest absolute Gasteiger partial charge is 0.312 e. The van der Waals surface area contributed by atoms with Gasteiger partial charge >= 0.3 is 0 Å². The molecule has 0 aliphatic heterocycles. The number of hydrogen-bond acceptors (Lipinski definition) is 3. The SMILES string of the molecule is CCCn1ncc(Cl)c1C(CCc1ccncc1)NC. The maximum Gasteiger partial charge on any atom is 0.0834 e. The molecule has 1 atom stereocenters. The molecule has 2 rings (SSSR count). The van der Waals surface area contributed by atoms with Crippen molar-refractivity contribution in [2.24, 2.45) is 0 Å². The van der Waals surface area contributed by atoms with Crippen LogP contribution in [0.2, 0.25) is 5.02 Å². The summed E-state index contributed by atoms with van der Waals surface area (Å²) in [5.41, 5.74) is 2.38. The molecule has 0 spiro atoms. The van der Waals surface area contributed by atoms with Gasteiger partial charge in [-0.15, -0.1) is 0 Å². The van der Waals surface area contributed by atoms with Crippen LogP contribution >= 0.6 is 11.6 Å². The van der Waals surface area contributed by atoms with Crippen molar-refractivity contribution in [1.29, 1.82) is 0 Å². The normalized spacial score (nSPS) is 12.6. The van der Waals surface area contributed by atoms with Gasteiger partial charge in [-0.25, -0.2) is 0 Å². The van der Waals surface area contributed by atoms with Gasteiger partial charge in [-0.2, -0.15) is 5.10 Å². The van der Waals surface area contributed by atoms with Crippen LogP contribution in [0.25, 0.3) is 0 Å². The van der Waals surface area contributed by atoms with E-state index in [1.807, 2.05) is 24.1 Å². The molecule has 0 amide bonds. The summed E-state index contributed by atoms with van der Waals surface area (Å²) in [4.78, 5) is 4.04. The highest BCUT2D eigenvalue weighted by molar-refractivity contribution is 6.31. The number of halogens is 1. The Bertz CT molecular complexity index is 524. The second-order valence-corrected chi connectivity index (χ2v) is 5.24. The zero-order chi connectivity index (χ0) is 14.4. The monoisotopic (exact) mass is 292 g/mol.